The highest BCUT2D eigenvalue weighted by atomic mass is 14.7. The lowest BCUT2D eigenvalue weighted by Gasteiger charge is -2.12. The fourth-order valence-electron chi connectivity index (χ4n) is 5.83. The zero-order valence-electron chi connectivity index (χ0n) is 20.6. The second-order valence-electron chi connectivity index (χ2n) is 9.84. The van der Waals surface area contributed by atoms with Crippen LogP contribution in [0.2, 0.25) is 0 Å². The average molecular weight is 483 g/mol. The van der Waals surface area contributed by atoms with Crippen molar-refractivity contribution in [2.45, 2.75) is 0 Å². The zero-order chi connectivity index (χ0) is 25.1. The van der Waals surface area contributed by atoms with Gasteiger partial charge < -0.3 is 0 Å². The molecule has 0 aliphatic rings. The molecular formula is C36H22N2. The maximum absolute atomic E-state index is 5.07. The molecule has 2 aromatic heterocycles. The lowest BCUT2D eigenvalue weighted by molar-refractivity contribution is 1.37. The highest BCUT2D eigenvalue weighted by Gasteiger charge is 2.11. The molecule has 0 aliphatic heterocycles. The molecular weight excluding hydrogens is 460 g/mol. The fraction of sp³-hybridized carbons (Fsp3) is 0. The van der Waals surface area contributed by atoms with Gasteiger partial charge in [0.25, 0.3) is 0 Å². The Balaban J connectivity index is 1.31. The number of pyridine rings is 2. The largest absolute Gasteiger partial charge is 0.254 e. The third-order valence-electron chi connectivity index (χ3n) is 7.67. The minimum Gasteiger partial charge on any atom is -0.254 e. The molecule has 0 unspecified atom stereocenters. The maximum atomic E-state index is 5.07. The molecule has 0 fully saturated rings. The third-order valence-corrected chi connectivity index (χ3v) is 7.67. The molecule has 0 bridgehead atoms. The molecule has 0 aliphatic carbocycles. The topological polar surface area (TPSA) is 25.8 Å². The Bertz CT molecular complexity index is 2160. The summed E-state index contributed by atoms with van der Waals surface area (Å²) in [6.45, 7) is 0. The summed E-state index contributed by atoms with van der Waals surface area (Å²) in [7, 11) is 0. The zero-order valence-corrected chi connectivity index (χ0v) is 20.6. The molecule has 2 heteroatoms. The Morgan fingerprint density at radius 3 is 1.74 bits per heavy atom. The van der Waals surface area contributed by atoms with Gasteiger partial charge in [0.15, 0.2) is 0 Å². The summed E-state index contributed by atoms with van der Waals surface area (Å²) in [5.41, 5.74) is 6.31. The quantitative estimate of drug-likeness (QED) is 0.229. The molecule has 2 nitrogen and oxygen atoms in total. The van der Waals surface area contributed by atoms with Gasteiger partial charge in [0.05, 0.1) is 16.7 Å². The molecule has 0 saturated heterocycles. The maximum Gasteiger partial charge on any atom is 0.0972 e. The van der Waals surface area contributed by atoms with Gasteiger partial charge in [0.1, 0.15) is 0 Å². The van der Waals surface area contributed by atoms with Gasteiger partial charge in [0.2, 0.25) is 0 Å². The number of hydrogen-bond donors (Lipinski definition) is 0. The van der Waals surface area contributed by atoms with Gasteiger partial charge in [-0.3, -0.25) is 4.98 Å². The predicted octanol–water partition coefficient (Wildman–Crippen LogP) is 9.58. The smallest absolute Gasteiger partial charge is 0.0972 e. The SMILES string of the molecule is c1cc(-c2ccc3c4ccccc4c4ccccc4c3c2)cc(-c2ccc3ccc4cccnc4c3n2)c1. The van der Waals surface area contributed by atoms with Crippen LogP contribution in [0.15, 0.2) is 134 Å². The van der Waals surface area contributed by atoms with E-state index in [4.69, 9.17) is 4.98 Å². The number of aromatic nitrogens is 2. The Morgan fingerprint density at radius 2 is 0.974 bits per heavy atom. The minimum atomic E-state index is 0.940. The van der Waals surface area contributed by atoms with E-state index >= 15 is 0 Å². The van der Waals surface area contributed by atoms with Crippen molar-refractivity contribution < 1.29 is 0 Å². The summed E-state index contributed by atoms with van der Waals surface area (Å²) < 4.78 is 0. The van der Waals surface area contributed by atoms with Crippen LogP contribution in [-0.4, -0.2) is 9.97 Å². The van der Waals surface area contributed by atoms with Crippen LogP contribution in [0.3, 0.4) is 0 Å². The molecule has 0 radical (unpaired) electrons. The second kappa shape index (κ2) is 8.22. The molecule has 0 N–H and O–H groups in total. The average Bonchev–Trinajstić information content (AvgIpc) is 3.01. The van der Waals surface area contributed by atoms with Crippen molar-refractivity contribution in [3.8, 4) is 22.4 Å². The number of hydrogen-bond acceptors (Lipinski definition) is 2. The van der Waals surface area contributed by atoms with Crippen molar-refractivity contribution in [3.63, 3.8) is 0 Å². The van der Waals surface area contributed by atoms with E-state index in [0.29, 0.717) is 0 Å². The van der Waals surface area contributed by atoms with E-state index in [9.17, 15) is 0 Å². The second-order valence-corrected chi connectivity index (χ2v) is 9.84. The summed E-state index contributed by atoms with van der Waals surface area (Å²) in [4.78, 5) is 9.69. The van der Waals surface area contributed by atoms with E-state index in [-0.39, 0.29) is 0 Å². The van der Waals surface area contributed by atoms with E-state index in [2.05, 4.69) is 126 Å². The number of rotatable bonds is 2. The van der Waals surface area contributed by atoms with E-state index in [1.54, 1.807) is 0 Å². The van der Waals surface area contributed by atoms with Crippen LogP contribution < -0.4 is 0 Å². The first-order valence-electron chi connectivity index (χ1n) is 12.9. The minimum absolute atomic E-state index is 0.940. The molecule has 6 aromatic carbocycles. The van der Waals surface area contributed by atoms with Crippen LogP contribution in [0, 0.1) is 0 Å². The van der Waals surface area contributed by atoms with Crippen molar-refractivity contribution >= 4 is 54.1 Å². The van der Waals surface area contributed by atoms with Gasteiger partial charge in [-0.15, -0.1) is 0 Å². The van der Waals surface area contributed by atoms with Gasteiger partial charge in [-0.25, -0.2) is 4.98 Å². The number of nitrogens with zero attached hydrogens (tertiary/aromatic N) is 2. The van der Waals surface area contributed by atoms with Gasteiger partial charge in [-0.2, -0.15) is 0 Å². The lowest BCUT2D eigenvalue weighted by Crippen LogP contribution is -1.89. The Kier molecular flexibility index (Phi) is 4.55. The Labute approximate surface area is 219 Å². The number of benzene rings is 6. The van der Waals surface area contributed by atoms with E-state index in [1.165, 1.54) is 43.4 Å². The summed E-state index contributed by atoms with van der Waals surface area (Å²) in [6, 6.07) is 45.5. The molecule has 0 spiro atoms. The standard InChI is InChI=1S/C36H22N2/c1-2-12-30-28(10-1)29-11-3-4-13-31(29)33-22-26(16-18-32(30)33)25-7-5-8-27(21-25)34-19-17-24-15-14-23-9-6-20-37-35(23)36(24)38-34/h1-22H. The summed E-state index contributed by atoms with van der Waals surface area (Å²) >= 11 is 0. The summed E-state index contributed by atoms with van der Waals surface area (Å²) in [5.74, 6) is 0. The highest BCUT2D eigenvalue weighted by Crippen LogP contribution is 2.37. The Hall–Kier alpha value is -5.08. The lowest BCUT2D eigenvalue weighted by atomic mass is 9.91. The summed E-state index contributed by atoms with van der Waals surface area (Å²) in [5, 5.41) is 9.95. The van der Waals surface area contributed by atoms with E-state index in [0.717, 1.165) is 33.1 Å². The first-order valence-corrected chi connectivity index (χ1v) is 12.9. The van der Waals surface area contributed by atoms with Crippen molar-refractivity contribution in [1.82, 2.24) is 9.97 Å². The first kappa shape index (κ1) is 21.0. The molecule has 8 rings (SSSR count). The van der Waals surface area contributed by atoms with Gasteiger partial charge in [-0.1, -0.05) is 103 Å². The van der Waals surface area contributed by atoms with Crippen LogP contribution in [0.25, 0.3) is 76.5 Å². The molecule has 2 heterocycles. The molecule has 176 valence electrons. The van der Waals surface area contributed by atoms with Crippen LogP contribution >= 0.6 is 0 Å². The molecule has 0 saturated carbocycles. The Morgan fingerprint density at radius 1 is 0.368 bits per heavy atom. The first-order chi connectivity index (χ1) is 18.8. The predicted molar refractivity (Wildman–Crippen MR) is 160 cm³/mol. The molecule has 38 heavy (non-hydrogen) atoms. The number of fused-ring (bicyclic) bond motifs is 9. The van der Waals surface area contributed by atoms with Crippen LogP contribution in [-0.2, 0) is 0 Å². The van der Waals surface area contributed by atoms with Crippen molar-refractivity contribution in [1.29, 1.82) is 0 Å². The van der Waals surface area contributed by atoms with Crippen LogP contribution in [0.5, 0.6) is 0 Å². The van der Waals surface area contributed by atoms with Gasteiger partial charge in [0, 0.05) is 22.5 Å². The summed E-state index contributed by atoms with van der Waals surface area (Å²) in [6.07, 6.45) is 1.84. The van der Waals surface area contributed by atoms with E-state index in [1.807, 2.05) is 12.3 Å². The fourth-order valence-corrected chi connectivity index (χ4v) is 5.83. The van der Waals surface area contributed by atoms with E-state index < -0.39 is 0 Å². The van der Waals surface area contributed by atoms with Crippen LogP contribution in [0.4, 0.5) is 0 Å². The molecule has 8 aromatic rings. The molecule has 0 atom stereocenters. The third kappa shape index (κ3) is 3.21. The van der Waals surface area contributed by atoms with Crippen LogP contribution in [0.1, 0.15) is 0 Å². The van der Waals surface area contributed by atoms with Gasteiger partial charge in [-0.05, 0) is 67.7 Å². The van der Waals surface area contributed by atoms with Gasteiger partial charge >= 0.3 is 0 Å². The molecule has 0 amide bonds. The highest BCUT2D eigenvalue weighted by molar-refractivity contribution is 6.25. The van der Waals surface area contributed by atoms with Crippen molar-refractivity contribution in [2.24, 2.45) is 0 Å². The normalized spacial score (nSPS) is 11.7. The van der Waals surface area contributed by atoms with Crippen molar-refractivity contribution in [2.75, 3.05) is 0 Å². The van der Waals surface area contributed by atoms with Crippen molar-refractivity contribution in [3.05, 3.63) is 134 Å². The monoisotopic (exact) mass is 482 g/mol.